The maximum atomic E-state index is 9.93. The van der Waals surface area contributed by atoms with Crippen LogP contribution in [0.25, 0.3) is 0 Å². The van der Waals surface area contributed by atoms with Crippen LogP contribution in [0.4, 0.5) is 0 Å². The van der Waals surface area contributed by atoms with Crippen LogP contribution < -0.4 is 5.48 Å². The molecule has 1 N–H and O–H groups in total. The highest BCUT2D eigenvalue weighted by Crippen LogP contribution is 1.95. The standard InChI is InChI=1S/C6H12NO/c1-3-5-6(4-2)7-8/h5,7H,3-4H2,1-2H3/q-1/b6-5-. The summed E-state index contributed by atoms with van der Waals surface area (Å²) in [7, 11) is 0. The third kappa shape index (κ3) is 2.64. The second-order valence-electron chi connectivity index (χ2n) is 1.59. The summed E-state index contributed by atoms with van der Waals surface area (Å²) in [5, 5.41) is 9.93. The van der Waals surface area contributed by atoms with Gasteiger partial charge in [0.25, 0.3) is 0 Å². The first-order valence-corrected chi connectivity index (χ1v) is 2.92. The van der Waals surface area contributed by atoms with Crippen LogP contribution >= 0.6 is 0 Å². The summed E-state index contributed by atoms with van der Waals surface area (Å²) in [6.07, 6.45) is 3.63. The summed E-state index contributed by atoms with van der Waals surface area (Å²) < 4.78 is 0. The van der Waals surface area contributed by atoms with E-state index in [1.165, 1.54) is 0 Å². The number of rotatable bonds is 3. The van der Waals surface area contributed by atoms with Crippen molar-refractivity contribution in [2.45, 2.75) is 26.7 Å². The highest BCUT2D eigenvalue weighted by molar-refractivity contribution is 4.97. The van der Waals surface area contributed by atoms with Crippen LogP contribution in [0.2, 0.25) is 0 Å². The molecule has 0 saturated carbocycles. The van der Waals surface area contributed by atoms with Crippen molar-refractivity contribution in [3.05, 3.63) is 17.0 Å². The molecule has 0 aromatic heterocycles. The van der Waals surface area contributed by atoms with Crippen molar-refractivity contribution in [2.75, 3.05) is 0 Å². The maximum Gasteiger partial charge on any atom is -0.00437 e. The smallest absolute Gasteiger partial charge is 0.00437 e. The van der Waals surface area contributed by atoms with Gasteiger partial charge in [0.15, 0.2) is 0 Å². The predicted molar refractivity (Wildman–Crippen MR) is 35.2 cm³/mol. The molecule has 0 atom stereocenters. The van der Waals surface area contributed by atoms with E-state index in [1.54, 1.807) is 0 Å². The second-order valence-corrected chi connectivity index (χ2v) is 1.59. The Morgan fingerprint density at radius 3 is 2.38 bits per heavy atom. The molecule has 0 aliphatic carbocycles. The fraction of sp³-hybridized carbons (Fsp3) is 0.667. The predicted octanol–water partition coefficient (Wildman–Crippen LogP) is 1.78. The van der Waals surface area contributed by atoms with E-state index in [0.29, 0.717) is 0 Å². The number of nitrogens with one attached hydrogen (secondary N) is 1. The van der Waals surface area contributed by atoms with E-state index in [9.17, 15) is 5.21 Å². The third-order valence-electron chi connectivity index (χ3n) is 0.963. The van der Waals surface area contributed by atoms with E-state index in [0.717, 1.165) is 18.5 Å². The van der Waals surface area contributed by atoms with Crippen LogP contribution in [-0.4, -0.2) is 0 Å². The topological polar surface area (TPSA) is 35.1 Å². The normalized spacial score (nSPS) is 11.6. The molecule has 0 aromatic carbocycles. The summed E-state index contributed by atoms with van der Waals surface area (Å²) in [6, 6.07) is 0. The van der Waals surface area contributed by atoms with Crippen LogP contribution in [-0.2, 0) is 0 Å². The summed E-state index contributed by atoms with van der Waals surface area (Å²) in [6.45, 7) is 3.96. The van der Waals surface area contributed by atoms with Crippen LogP contribution in [0.15, 0.2) is 11.8 Å². The third-order valence-corrected chi connectivity index (χ3v) is 0.963. The molecule has 48 valence electrons. The Balaban J connectivity index is 3.49. The number of allylic oxidation sites excluding steroid dienone is 2. The number of hydrogen-bond acceptors (Lipinski definition) is 2. The first-order valence-electron chi connectivity index (χ1n) is 2.92. The monoisotopic (exact) mass is 114 g/mol. The molecule has 0 aliphatic heterocycles. The second kappa shape index (κ2) is 4.65. The molecule has 0 saturated heterocycles. The molecule has 2 nitrogen and oxygen atoms in total. The minimum Gasteiger partial charge on any atom is -0.761 e. The van der Waals surface area contributed by atoms with Crippen molar-refractivity contribution in [3.8, 4) is 0 Å². The number of hydroxylamine groups is 1. The zero-order chi connectivity index (χ0) is 6.41. The van der Waals surface area contributed by atoms with E-state index in [2.05, 4.69) is 0 Å². The molecule has 0 unspecified atom stereocenters. The average Bonchev–Trinajstić information content (AvgIpc) is 1.83. The van der Waals surface area contributed by atoms with Gasteiger partial charge in [-0.25, -0.2) is 0 Å². The molecule has 0 aliphatic rings. The summed E-state index contributed by atoms with van der Waals surface area (Å²) in [5.74, 6) is 0. The fourth-order valence-corrected chi connectivity index (χ4v) is 0.505. The van der Waals surface area contributed by atoms with Crippen LogP contribution in [0.3, 0.4) is 0 Å². The Hall–Kier alpha value is -0.500. The van der Waals surface area contributed by atoms with Crippen molar-refractivity contribution >= 4 is 0 Å². The Morgan fingerprint density at radius 2 is 2.25 bits per heavy atom. The van der Waals surface area contributed by atoms with Crippen molar-refractivity contribution in [2.24, 2.45) is 0 Å². The lowest BCUT2D eigenvalue weighted by Crippen LogP contribution is -2.00. The van der Waals surface area contributed by atoms with Crippen molar-refractivity contribution < 1.29 is 0 Å². The summed E-state index contributed by atoms with van der Waals surface area (Å²) in [4.78, 5) is 0. The molecule has 0 heterocycles. The van der Waals surface area contributed by atoms with E-state index >= 15 is 0 Å². The average molecular weight is 114 g/mol. The molecule has 8 heavy (non-hydrogen) atoms. The van der Waals surface area contributed by atoms with Gasteiger partial charge in [-0.1, -0.05) is 19.9 Å². The first kappa shape index (κ1) is 7.50. The maximum absolute atomic E-state index is 9.93. The zero-order valence-corrected chi connectivity index (χ0v) is 5.40. The first-order chi connectivity index (χ1) is 3.85. The summed E-state index contributed by atoms with van der Waals surface area (Å²) in [5.41, 5.74) is 2.65. The summed E-state index contributed by atoms with van der Waals surface area (Å²) >= 11 is 0. The lowest BCUT2D eigenvalue weighted by Gasteiger charge is -2.10. The van der Waals surface area contributed by atoms with Gasteiger partial charge in [-0.2, -0.15) is 0 Å². The minimum absolute atomic E-state index is 0.785. The zero-order valence-electron chi connectivity index (χ0n) is 5.40. The molecular weight excluding hydrogens is 102 g/mol. The molecule has 2 heteroatoms. The van der Waals surface area contributed by atoms with Gasteiger partial charge >= 0.3 is 0 Å². The molecule has 0 radical (unpaired) electrons. The fourth-order valence-electron chi connectivity index (χ4n) is 0.505. The van der Waals surface area contributed by atoms with Gasteiger partial charge in [-0.3, -0.25) is 0 Å². The molecule has 0 spiro atoms. The lowest BCUT2D eigenvalue weighted by molar-refractivity contribution is 0.928. The van der Waals surface area contributed by atoms with Gasteiger partial charge in [0.05, 0.1) is 0 Å². The van der Waals surface area contributed by atoms with E-state index in [1.807, 2.05) is 25.4 Å². The van der Waals surface area contributed by atoms with Crippen LogP contribution in [0, 0.1) is 5.21 Å². The van der Waals surface area contributed by atoms with E-state index in [-0.39, 0.29) is 0 Å². The molecule has 0 aromatic rings. The SMILES string of the molecule is CC/C=C(/CC)N[O-]. The van der Waals surface area contributed by atoms with Crippen molar-refractivity contribution in [3.63, 3.8) is 0 Å². The lowest BCUT2D eigenvalue weighted by atomic mass is 10.3. The minimum atomic E-state index is 0.785. The molecular formula is C6H12NO-. The highest BCUT2D eigenvalue weighted by Gasteiger charge is 1.79. The van der Waals surface area contributed by atoms with Gasteiger partial charge < -0.3 is 10.7 Å². The quantitative estimate of drug-likeness (QED) is 0.567. The van der Waals surface area contributed by atoms with Crippen molar-refractivity contribution in [1.29, 1.82) is 0 Å². The van der Waals surface area contributed by atoms with Gasteiger partial charge in [0.1, 0.15) is 0 Å². The van der Waals surface area contributed by atoms with Gasteiger partial charge in [0, 0.05) is 0 Å². The molecule has 0 bridgehead atoms. The molecule has 0 rings (SSSR count). The Morgan fingerprint density at radius 1 is 1.62 bits per heavy atom. The molecule has 0 amide bonds. The van der Waals surface area contributed by atoms with Gasteiger partial charge in [-0.15, -0.1) is 0 Å². The Bertz CT molecular complexity index is 72.6. The van der Waals surface area contributed by atoms with Crippen molar-refractivity contribution in [1.82, 2.24) is 5.48 Å². The number of hydrogen-bond donors (Lipinski definition) is 1. The Labute approximate surface area is 50.2 Å². The van der Waals surface area contributed by atoms with Gasteiger partial charge in [0.2, 0.25) is 0 Å². The largest absolute Gasteiger partial charge is 0.761 e. The van der Waals surface area contributed by atoms with Crippen LogP contribution in [0.1, 0.15) is 26.7 Å². The van der Waals surface area contributed by atoms with Gasteiger partial charge in [-0.05, 0) is 18.5 Å². The Kier molecular flexibility index (Phi) is 4.36. The highest BCUT2D eigenvalue weighted by atomic mass is 16.5. The van der Waals surface area contributed by atoms with Crippen LogP contribution in [0.5, 0.6) is 0 Å². The van der Waals surface area contributed by atoms with E-state index in [4.69, 9.17) is 0 Å². The van der Waals surface area contributed by atoms with E-state index < -0.39 is 0 Å². The molecule has 0 fully saturated rings.